The lowest BCUT2D eigenvalue weighted by Crippen LogP contribution is -2.03. The van der Waals surface area contributed by atoms with E-state index < -0.39 is 4.92 Å². The number of methoxy groups -OCH3 is 1. The van der Waals surface area contributed by atoms with E-state index in [-0.39, 0.29) is 11.4 Å². The van der Waals surface area contributed by atoms with Gasteiger partial charge in [0.2, 0.25) is 0 Å². The van der Waals surface area contributed by atoms with E-state index in [4.69, 9.17) is 9.15 Å². The molecule has 1 N–H and O–H groups in total. The highest BCUT2D eigenvalue weighted by Crippen LogP contribution is 2.34. The maximum Gasteiger partial charge on any atom is 0.333 e. The quantitative estimate of drug-likeness (QED) is 0.650. The molecule has 6 nitrogen and oxygen atoms in total. The molecule has 0 atom stereocenters. The van der Waals surface area contributed by atoms with Crippen LogP contribution in [0.2, 0.25) is 0 Å². The Morgan fingerprint density at radius 1 is 1.39 bits per heavy atom. The van der Waals surface area contributed by atoms with E-state index in [1.54, 1.807) is 36.6 Å². The molecule has 0 radical (unpaired) electrons. The van der Waals surface area contributed by atoms with Crippen molar-refractivity contribution in [3.63, 3.8) is 0 Å². The van der Waals surface area contributed by atoms with Gasteiger partial charge >= 0.3 is 5.69 Å². The van der Waals surface area contributed by atoms with E-state index in [9.17, 15) is 10.1 Å². The molecule has 0 saturated carbocycles. The molecule has 0 spiro atoms. The molecule has 1 heterocycles. The molecule has 18 heavy (non-hydrogen) atoms. The van der Waals surface area contributed by atoms with Crippen molar-refractivity contribution in [1.29, 1.82) is 0 Å². The van der Waals surface area contributed by atoms with E-state index in [1.807, 2.05) is 0 Å². The second kappa shape index (κ2) is 5.22. The van der Waals surface area contributed by atoms with Crippen LogP contribution in [0.15, 0.2) is 41.0 Å². The lowest BCUT2D eigenvalue weighted by atomic mass is 10.2. The molecular formula is C12H12N2O4. The van der Waals surface area contributed by atoms with E-state index in [0.717, 1.165) is 0 Å². The van der Waals surface area contributed by atoms with Gasteiger partial charge in [0.1, 0.15) is 11.4 Å². The van der Waals surface area contributed by atoms with Gasteiger partial charge in [0, 0.05) is 0 Å². The first kappa shape index (κ1) is 12.0. The van der Waals surface area contributed by atoms with Crippen LogP contribution in [0.5, 0.6) is 5.75 Å². The zero-order chi connectivity index (χ0) is 13.0. The standard InChI is InChI=1S/C12H12N2O4/c1-17-11-6-2-5-10(12(11)14(15)16)13-8-9-4-3-7-18-9/h2-7,13H,8H2,1H3. The van der Waals surface area contributed by atoms with Gasteiger partial charge in [0.05, 0.1) is 24.8 Å². The third-order valence-electron chi connectivity index (χ3n) is 2.43. The number of ether oxygens (including phenoxy) is 1. The Bertz CT molecular complexity index is 537. The predicted molar refractivity (Wildman–Crippen MR) is 65.7 cm³/mol. The van der Waals surface area contributed by atoms with E-state index in [2.05, 4.69) is 5.32 Å². The molecule has 1 aromatic heterocycles. The normalized spacial score (nSPS) is 10.1. The first-order chi connectivity index (χ1) is 8.72. The van der Waals surface area contributed by atoms with Crippen LogP contribution in [0.4, 0.5) is 11.4 Å². The molecule has 6 heteroatoms. The van der Waals surface area contributed by atoms with Crippen LogP contribution in [0.25, 0.3) is 0 Å². The highest BCUT2D eigenvalue weighted by molar-refractivity contribution is 5.68. The van der Waals surface area contributed by atoms with Crippen LogP contribution in [-0.2, 0) is 6.54 Å². The zero-order valence-corrected chi connectivity index (χ0v) is 9.75. The second-order valence-electron chi connectivity index (χ2n) is 3.55. The van der Waals surface area contributed by atoms with Gasteiger partial charge in [0.25, 0.3) is 0 Å². The summed E-state index contributed by atoms with van der Waals surface area (Å²) in [6.07, 6.45) is 1.55. The lowest BCUT2D eigenvalue weighted by molar-refractivity contribution is -0.384. The second-order valence-corrected chi connectivity index (χ2v) is 3.55. The van der Waals surface area contributed by atoms with Crippen LogP contribution < -0.4 is 10.1 Å². The first-order valence-electron chi connectivity index (χ1n) is 5.30. The summed E-state index contributed by atoms with van der Waals surface area (Å²) in [5.74, 6) is 0.927. The van der Waals surface area contributed by atoms with Crippen molar-refractivity contribution in [2.75, 3.05) is 12.4 Å². The van der Waals surface area contributed by atoms with Crippen LogP contribution in [0.1, 0.15) is 5.76 Å². The van der Waals surface area contributed by atoms with Crippen LogP contribution >= 0.6 is 0 Å². The van der Waals surface area contributed by atoms with Crippen molar-refractivity contribution < 1.29 is 14.1 Å². The number of nitrogens with one attached hydrogen (secondary N) is 1. The van der Waals surface area contributed by atoms with Crippen molar-refractivity contribution in [1.82, 2.24) is 0 Å². The number of anilines is 1. The largest absolute Gasteiger partial charge is 0.490 e. The summed E-state index contributed by atoms with van der Waals surface area (Å²) in [6, 6.07) is 8.42. The van der Waals surface area contributed by atoms with Crippen molar-refractivity contribution >= 4 is 11.4 Å². The first-order valence-corrected chi connectivity index (χ1v) is 5.30. The number of para-hydroxylation sites is 1. The summed E-state index contributed by atoms with van der Waals surface area (Å²) in [5, 5.41) is 14.0. The van der Waals surface area contributed by atoms with Gasteiger partial charge in [-0.2, -0.15) is 0 Å². The number of nitro groups is 1. The minimum Gasteiger partial charge on any atom is -0.490 e. The fraction of sp³-hybridized carbons (Fsp3) is 0.167. The maximum atomic E-state index is 11.0. The van der Waals surface area contributed by atoms with Gasteiger partial charge < -0.3 is 14.5 Å². The highest BCUT2D eigenvalue weighted by Gasteiger charge is 2.20. The molecule has 94 valence electrons. The summed E-state index contributed by atoms with van der Waals surface area (Å²) in [4.78, 5) is 10.6. The van der Waals surface area contributed by atoms with Crippen molar-refractivity contribution in [2.45, 2.75) is 6.54 Å². The molecule has 2 aromatic rings. The Morgan fingerprint density at radius 2 is 2.22 bits per heavy atom. The van der Waals surface area contributed by atoms with Gasteiger partial charge in [-0.25, -0.2) is 0 Å². The summed E-state index contributed by atoms with van der Waals surface area (Å²) >= 11 is 0. The number of hydrogen-bond donors (Lipinski definition) is 1. The molecule has 0 aliphatic carbocycles. The molecular weight excluding hydrogens is 236 g/mol. The van der Waals surface area contributed by atoms with E-state index >= 15 is 0 Å². The SMILES string of the molecule is COc1cccc(NCc2ccco2)c1[N+](=O)[O-]. The van der Waals surface area contributed by atoms with Gasteiger partial charge in [-0.05, 0) is 24.3 Å². The van der Waals surface area contributed by atoms with Crippen LogP contribution in [0.3, 0.4) is 0 Å². The highest BCUT2D eigenvalue weighted by atomic mass is 16.6. The number of hydrogen-bond acceptors (Lipinski definition) is 5. The minimum absolute atomic E-state index is 0.0773. The molecule has 0 fully saturated rings. The van der Waals surface area contributed by atoms with Crippen LogP contribution in [0, 0.1) is 10.1 Å². The number of furan rings is 1. The Balaban J connectivity index is 2.24. The summed E-state index contributed by atoms with van der Waals surface area (Å²) < 4.78 is 10.1. The lowest BCUT2D eigenvalue weighted by Gasteiger charge is -2.08. The molecule has 0 aliphatic heterocycles. The summed E-state index contributed by atoms with van der Waals surface area (Å²) in [5.41, 5.74) is 0.322. The van der Waals surface area contributed by atoms with Crippen LogP contribution in [-0.4, -0.2) is 12.0 Å². The predicted octanol–water partition coefficient (Wildman–Crippen LogP) is 2.81. The number of nitrogens with zero attached hydrogens (tertiary/aromatic N) is 1. The Morgan fingerprint density at radius 3 is 2.83 bits per heavy atom. The number of rotatable bonds is 5. The average Bonchev–Trinajstić information content (AvgIpc) is 2.88. The fourth-order valence-corrected chi connectivity index (χ4v) is 1.61. The number of benzene rings is 1. The van der Waals surface area contributed by atoms with Gasteiger partial charge in [-0.15, -0.1) is 0 Å². The topological polar surface area (TPSA) is 77.5 Å². The molecule has 0 saturated heterocycles. The maximum absolute atomic E-state index is 11.0. The Labute approximate surface area is 103 Å². The van der Waals surface area contributed by atoms with E-state index in [1.165, 1.54) is 7.11 Å². The molecule has 0 aliphatic rings. The molecule has 0 bridgehead atoms. The smallest absolute Gasteiger partial charge is 0.333 e. The van der Waals surface area contributed by atoms with Crippen molar-refractivity contribution in [3.8, 4) is 5.75 Å². The Hall–Kier alpha value is -2.50. The molecule has 2 rings (SSSR count). The Kier molecular flexibility index (Phi) is 3.47. The van der Waals surface area contributed by atoms with Crippen molar-refractivity contribution in [2.24, 2.45) is 0 Å². The minimum atomic E-state index is -0.469. The molecule has 0 amide bonds. The third-order valence-corrected chi connectivity index (χ3v) is 2.43. The van der Waals surface area contributed by atoms with Gasteiger partial charge in [0.15, 0.2) is 5.75 Å². The monoisotopic (exact) mass is 248 g/mol. The van der Waals surface area contributed by atoms with Crippen molar-refractivity contribution in [3.05, 3.63) is 52.5 Å². The molecule has 0 unspecified atom stereocenters. The summed E-state index contributed by atoms with van der Waals surface area (Å²) in [6.45, 7) is 0.376. The van der Waals surface area contributed by atoms with Gasteiger partial charge in [-0.3, -0.25) is 10.1 Å². The third kappa shape index (κ3) is 2.42. The molecule has 1 aromatic carbocycles. The number of nitro benzene ring substituents is 1. The van der Waals surface area contributed by atoms with E-state index in [0.29, 0.717) is 18.0 Å². The van der Waals surface area contributed by atoms with Gasteiger partial charge in [-0.1, -0.05) is 6.07 Å². The average molecular weight is 248 g/mol. The fourth-order valence-electron chi connectivity index (χ4n) is 1.61. The zero-order valence-electron chi connectivity index (χ0n) is 9.75. The summed E-state index contributed by atoms with van der Waals surface area (Å²) in [7, 11) is 1.40.